The number of pyridine rings is 2. The quantitative estimate of drug-likeness (QED) is 0.574. The Morgan fingerprint density at radius 3 is 2.39 bits per heavy atom. The summed E-state index contributed by atoms with van der Waals surface area (Å²) in [4.78, 5) is 8.97. The summed E-state index contributed by atoms with van der Waals surface area (Å²) in [7, 11) is 3.23. The van der Waals surface area contributed by atoms with E-state index in [1.165, 1.54) is 0 Å². The third-order valence-corrected chi connectivity index (χ3v) is 4.06. The average Bonchev–Trinajstić information content (AvgIpc) is 2.60. The largest absolute Gasteiger partial charge is 0.493 e. The molecule has 2 heterocycles. The molecule has 0 bridgehead atoms. The van der Waals surface area contributed by atoms with Crippen LogP contribution in [0.4, 0.5) is 5.82 Å². The Morgan fingerprint density at radius 2 is 1.61 bits per heavy atom. The van der Waals surface area contributed by atoms with Crippen LogP contribution in [0, 0.1) is 0 Å². The van der Waals surface area contributed by atoms with Gasteiger partial charge >= 0.3 is 0 Å². The molecule has 0 spiro atoms. The smallest absolute Gasteiger partial charge is 0.162 e. The fourth-order valence-corrected chi connectivity index (χ4v) is 2.98. The Morgan fingerprint density at radius 1 is 0.870 bits per heavy atom. The van der Waals surface area contributed by atoms with Gasteiger partial charge in [-0.05, 0) is 12.1 Å². The molecule has 2 N–H and O–H groups in total. The van der Waals surface area contributed by atoms with E-state index in [1.807, 2.05) is 36.4 Å². The molecular formula is C18H15N3O2. The molecule has 0 saturated heterocycles. The van der Waals surface area contributed by atoms with Crippen LogP contribution in [0.5, 0.6) is 11.5 Å². The molecule has 23 heavy (non-hydrogen) atoms. The van der Waals surface area contributed by atoms with Gasteiger partial charge in [0.05, 0.1) is 25.3 Å². The standard InChI is InChI=1S/C18H15N3O2/c1-22-15-7-11-14(8-16(15)23-2)20-9-12-17(11)10-5-3-4-6-13(10)21-18(12)19/h3-9H,1-2H3,(H2,19,21). The van der Waals surface area contributed by atoms with Gasteiger partial charge in [0, 0.05) is 33.8 Å². The summed E-state index contributed by atoms with van der Waals surface area (Å²) in [5.74, 6) is 1.79. The van der Waals surface area contributed by atoms with Gasteiger partial charge in [-0.15, -0.1) is 0 Å². The Kier molecular flexibility index (Phi) is 2.94. The average molecular weight is 305 g/mol. The van der Waals surface area contributed by atoms with Crippen molar-refractivity contribution in [1.29, 1.82) is 0 Å². The van der Waals surface area contributed by atoms with E-state index in [0.29, 0.717) is 17.3 Å². The lowest BCUT2D eigenvalue weighted by atomic mass is 10.0. The minimum absolute atomic E-state index is 0.475. The Hall–Kier alpha value is -3.08. The van der Waals surface area contributed by atoms with Crippen molar-refractivity contribution in [3.63, 3.8) is 0 Å². The van der Waals surface area contributed by atoms with Crippen molar-refractivity contribution in [2.24, 2.45) is 0 Å². The summed E-state index contributed by atoms with van der Waals surface area (Å²) < 4.78 is 10.8. The number of fused-ring (bicyclic) bond motifs is 5. The third-order valence-electron chi connectivity index (χ3n) is 4.06. The van der Waals surface area contributed by atoms with E-state index >= 15 is 0 Å². The van der Waals surface area contributed by atoms with Crippen LogP contribution in [0.1, 0.15) is 0 Å². The monoisotopic (exact) mass is 305 g/mol. The number of aromatic nitrogens is 2. The number of hydrogen-bond donors (Lipinski definition) is 1. The van der Waals surface area contributed by atoms with Crippen LogP contribution in [-0.4, -0.2) is 24.2 Å². The Bertz CT molecular complexity index is 1060. The first-order valence-corrected chi connectivity index (χ1v) is 7.21. The highest BCUT2D eigenvalue weighted by Crippen LogP contribution is 2.38. The predicted molar refractivity (Wildman–Crippen MR) is 92.1 cm³/mol. The Balaban J connectivity index is 2.27. The van der Waals surface area contributed by atoms with E-state index in [2.05, 4.69) is 9.97 Å². The fourth-order valence-electron chi connectivity index (χ4n) is 2.98. The molecule has 0 aliphatic heterocycles. The first-order chi connectivity index (χ1) is 11.2. The number of rotatable bonds is 2. The van der Waals surface area contributed by atoms with Gasteiger partial charge in [-0.2, -0.15) is 0 Å². The van der Waals surface area contributed by atoms with E-state index in [0.717, 1.165) is 32.6 Å². The molecule has 0 radical (unpaired) electrons. The van der Waals surface area contributed by atoms with Gasteiger partial charge in [0.15, 0.2) is 11.5 Å². The second kappa shape index (κ2) is 4.98. The summed E-state index contributed by atoms with van der Waals surface area (Å²) >= 11 is 0. The summed E-state index contributed by atoms with van der Waals surface area (Å²) in [5, 5.41) is 3.87. The Labute approximate surface area is 132 Å². The molecule has 0 saturated carbocycles. The highest BCUT2D eigenvalue weighted by atomic mass is 16.5. The summed E-state index contributed by atoms with van der Waals surface area (Å²) in [6.45, 7) is 0. The maximum atomic E-state index is 6.13. The van der Waals surface area contributed by atoms with Gasteiger partial charge in [0.2, 0.25) is 0 Å². The van der Waals surface area contributed by atoms with Gasteiger partial charge < -0.3 is 15.2 Å². The van der Waals surface area contributed by atoms with Crippen LogP contribution < -0.4 is 15.2 Å². The molecule has 0 unspecified atom stereocenters. The molecule has 0 fully saturated rings. The lowest BCUT2D eigenvalue weighted by Crippen LogP contribution is -1.96. The molecule has 0 aliphatic carbocycles. The molecule has 4 aromatic rings. The molecule has 0 atom stereocenters. The molecular weight excluding hydrogens is 290 g/mol. The number of nitrogen functional groups attached to an aromatic ring is 1. The highest BCUT2D eigenvalue weighted by molar-refractivity contribution is 6.21. The molecule has 2 aromatic carbocycles. The number of ether oxygens (including phenoxy) is 2. The SMILES string of the molecule is COc1cc2ncc3c(N)nc4ccccc4c3c2cc1OC. The lowest BCUT2D eigenvalue weighted by Gasteiger charge is -2.12. The normalized spacial score (nSPS) is 11.2. The first-order valence-electron chi connectivity index (χ1n) is 7.21. The molecule has 5 heteroatoms. The molecule has 5 nitrogen and oxygen atoms in total. The maximum absolute atomic E-state index is 6.13. The fraction of sp³-hybridized carbons (Fsp3) is 0.111. The highest BCUT2D eigenvalue weighted by Gasteiger charge is 2.13. The predicted octanol–water partition coefficient (Wildman–Crippen LogP) is 3.54. The second-order valence-electron chi connectivity index (χ2n) is 5.29. The lowest BCUT2D eigenvalue weighted by molar-refractivity contribution is 0.356. The maximum Gasteiger partial charge on any atom is 0.162 e. The second-order valence-corrected chi connectivity index (χ2v) is 5.29. The zero-order valence-corrected chi connectivity index (χ0v) is 12.8. The molecule has 4 rings (SSSR count). The van der Waals surface area contributed by atoms with Crippen molar-refractivity contribution >= 4 is 38.4 Å². The third kappa shape index (κ3) is 1.93. The van der Waals surface area contributed by atoms with E-state index in [-0.39, 0.29) is 0 Å². The first kappa shape index (κ1) is 13.6. The van der Waals surface area contributed by atoms with Crippen molar-refractivity contribution in [1.82, 2.24) is 9.97 Å². The molecule has 2 aromatic heterocycles. The van der Waals surface area contributed by atoms with Crippen LogP contribution in [0.2, 0.25) is 0 Å². The van der Waals surface area contributed by atoms with Gasteiger partial charge in [0.1, 0.15) is 5.82 Å². The van der Waals surface area contributed by atoms with Gasteiger partial charge in [-0.25, -0.2) is 4.98 Å². The number of para-hydroxylation sites is 1. The zero-order valence-electron chi connectivity index (χ0n) is 12.8. The van der Waals surface area contributed by atoms with E-state index in [9.17, 15) is 0 Å². The van der Waals surface area contributed by atoms with Crippen LogP contribution in [0.3, 0.4) is 0 Å². The summed E-state index contributed by atoms with van der Waals surface area (Å²) in [5.41, 5.74) is 7.82. The number of hydrogen-bond acceptors (Lipinski definition) is 5. The molecule has 0 aliphatic rings. The van der Waals surface area contributed by atoms with Crippen molar-refractivity contribution < 1.29 is 9.47 Å². The van der Waals surface area contributed by atoms with E-state index in [4.69, 9.17) is 15.2 Å². The van der Waals surface area contributed by atoms with Crippen LogP contribution >= 0.6 is 0 Å². The topological polar surface area (TPSA) is 70.3 Å². The number of nitrogens with two attached hydrogens (primary N) is 1. The summed E-state index contributed by atoms with van der Waals surface area (Å²) in [6, 6.07) is 11.8. The molecule has 114 valence electrons. The van der Waals surface area contributed by atoms with Crippen LogP contribution in [0.15, 0.2) is 42.6 Å². The van der Waals surface area contributed by atoms with Crippen LogP contribution in [0.25, 0.3) is 32.6 Å². The van der Waals surface area contributed by atoms with E-state index < -0.39 is 0 Å². The summed E-state index contributed by atoms with van der Waals surface area (Å²) in [6.07, 6.45) is 1.76. The van der Waals surface area contributed by atoms with E-state index in [1.54, 1.807) is 20.4 Å². The van der Waals surface area contributed by atoms with Gasteiger partial charge in [-0.3, -0.25) is 4.98 Å². The molecule has 0 amide bonds. The number of benzene rings is 2. The minimum Gasteiger partial charge on any atom is -0.493 e. The van der Waals surface area contributed by atoms with Crippen molar-refractivity contribution in [3.8, 4) is 11.5 Å². The number of anilines is 1. The van der Waals surface area contributed by atoms with Crippen LogP contribution in [-0.2, 0) is 0 Å². The number of nitrogens with zero attached hydrogens (tertiary/aromatic N) is 2. The minimum atomic E-state index is 0.475. The van der Waals surface area contributed by atoms with Gasteiger partial charge in [-0.1, -0.05) is 18.2 Å². The van der Waals surface area contributed by atoms with Crippen molar-refractivity contribution in [2.75, 3.05) is 20.0 Å². The van der Waals surface area contributed by atoms with Crippen molar-refractivity contribution in [3.05, 3.63) is 42.6 Å². The zero-order chi connectivity index (χ0) is 16.0. The van der Waals surface area contributed by atoms with Gasteiger partial charge in [0.25, 0.3) is 0 Å². The number of methoxy groups -OCH3 is 2. The van der Waals surface area contributed by atoms with Crippen molar-refractivity contribution in [2.45, 2.75) is 0 Å².